The summed E-state index contributed by atoms with van der Waals surface area (Å²) in [4.78, 5) is 4.87. The van der Waals surface area contributed by atoms with Crippen LogP contribution < -0.4 is 9.80 Å². The van der Waals surface area contributed by atoms with Crippen molar-refractivity contribution in [2.45, 2.75) is 25.2 Å². The second-order valence-corrected chi connectivity index (χ2v) is 16.8. The molecule has 0 fully saturated rings. The van der Waals surface area contributed by atoms with Gasteiger partial charge in [0.25, 0.3) is 0 Å². The summed E-state index contributed by atoms with van der Waals surface area (Å²) in [5, 5.41) is 4.99. The Kier molecular flexibility index (Phi) is 10.0. The topological polar surface area (TPSA) is 6.48 Å². The van der Waals surface area contributed by atoms with Gasteiger partial charge in [-0.25, -0.2) is 0 Å². The predicted molar refractivity (Wildman–Crippen MR) is 264 cm³/mol. The van der Waals surface area contributed by atoms with E-state index in [-0.39, 0.29) is 0 Å². The highest BCUT2D eigenvalue weighted by Crippen LogP contribution is 2.41. The third kappa shape index (κ3) is 7.50. The lowest BCUT2D eigenvalue weighted by atomic mass is 9.84. The molecule has 0 aromatic heterocycles. The fraction of sp³-hybridized carbons (Fsp3) is 0.100. The molecule has 2 nitrogen and oxygen atoms in total. The predicted octanol–water partition coefficient (Wildman–Crippen LogP) is 16.0. The van der Waals surface area contributed by atoms with Crippen LogP contribution in [0.4, 0.5) is 22.7 Å². The Balaban J connectivity index is 0.892. The van der Waals surface area contributed by atoms with Gasteiger partial charge >= 0.3 is 0 Å². The van der Waals surface area contributed by atoms with Gasteiger partial charge in [0, 0.05) is 51.9 Å². The Morgan fingerprint density at radius 1 is 0.435 bits per heavy atom. The van der Waals surface area contributed by atoms with E-state index < -0.39 is 0 Å². The molecular weight excluding hydrogens is 749 g/mol. The SMILES string of the molecule is C1=CC2C=CC(N(C3=CC=C(c4ccc(N(c5ccc(C6=CCC(c7ccccc7)C=C6)cc5)c5ccc6ccccc6c5)cc4)CC3)c3ccc4ccccc4c3)=C[C@H]2C=C1. The van der Waals surface area contributed by atoms with Crippen molar-refractivity contribution in [1.29, 1.82) is 0 Å². The Morgan fingerprint density at radius 2 is 1.03 bits per heavy atom. The van der Waals surface area contributed by atoms with Crippen molar-refractivity contribution in [3.05, 3.63) is 265 Å². The van der Waals surface area contributed by atoms with Crippen molar-refractivity contribution in [3.63, 3.8) is 0 Å². The van der Waals surface area contributed by atoms with E-state index in [1.807, 2.05) is 0 Å². The van der Waals surface area contributed by atoms with Gasteiger partial charge in [-0.05, 0) is 129 Å². The molecule has 0 amide bonds. The summed E-state index contributed by atoms with van der Waals surface area (Å²) in [6, 6.07) is 60.0. The van der Waals surface area contributed by atoms with Crippen molar-refractivity contribution < 1.29 is 0 Å². The van der Waals surface area contributed by atoms with Gasteiger partial charge in [-0.1, -0.05) is 176 Å². The standard InChI is InChI=1S/C60H48N2/c1-2-10-43(11-3-1)47-18-20-48(21-19-47)49-22-31-55(32-23-49)61(58-37-28-44-12-4-7-15-52(44)40-58)56-33-24-50(25-34-56)51-26-35-57(36-27-51)62(59-38-29-45-13-5-8-16-53(45)41-59)60-39-30-46-14-6-9-17-54(46)42-60/h1-18,20-26,28-35,37-42,45,47,53H,19,27,36H2/t45?,47?,53-/m1/s1. The van der Waals surface area contributed by atoms with E-state index >= 15 is 0 Å². The van der Waals surface area contributed by atoms with Crippen molar-refractivity contribution >= 4 is 55.4 Å². The lowest BCUT2D eigenvalue weighted by molar-refractivity contribution is 0.651. The molecule has 4 aliphatic carbocycles. The molecule has 0 heterocycles. The first-order chi connectivity index (χ1) is 30.7. The second kappa shape index (κ2) is 16.6. The minimum atomic E-state index is 0.364. The van der Waals surface area contributed by atoms with Crippen LogP contribution in [0.15, 0.2) is 248 Å². The highest BCUT2D eigenvalue weighted by atomic mass is 15.2. The van der Waals surface area contributed by atoms with Crippen LogP contribution in [0.25, 0.3) is 32.7 Å². The first-order valence-electron chi connectivity index (χ1n) is 22.1. The molecule has 298 valence electrons. The average Bonchev–Trinajstić information content (AvgIpc) is 3.35. The molecule has 0 spiro atoms. The maximum Gasteiger partial charge on any atom is 0.0468 e. The molecule has 0 saturated carbocycles. The maximum atomic E-state index is 2.48. The van der Waals surface area contributed by atoms with Gasteiger partial charge < -0.3 is 9.80 Å². The molecule has 62 heavy (non-hydrogen) atoms. The molecular formula is C60H48N2. The van der Waals surface area contributed by atoms with Gasteiger partial charge in [0.2, 0.25) is 0 Å². The first-order valence-corrected chi connectivity index (χ1v) is 22.1. The molecule has 2 unspecified atom stereocenters. The highest BCUT2D eigenvalue weighted by molar-refractivity contribution is 5.90. The third-order valence-corrected chi connectivity index (χ3v) is 13.0. The van der Waals surface area contributed by atoms with E-state index in [0.717, 1.165) is 36.3 Å². The van der Waals surface area contributed by atoms with Crippen LogP contribution in [0.3, 0.4) is 0 Å². The van der Waals surface area contributed by atoms with Crippen LogP contribution in [-0.2, 0) is 0 Å². The van der Waals surface area contributed by atoms with Gasteiger partial charge in [-0.15, -0.1) is 0 Å². The third-order valence-electron chi connectivity index (χ3n) is 13.0. The largest absolute Gasteiger partial charge is 0.315 e. The Labute approximate surface area is 365 Å². The average molecular weight is 797 g/mol. The van der Waals surface area contributed by atoms with Crippen molar-refractivity contribution in [2.75, 3.05) is 9.80 Å². The van der Waals surface area contributed by atoms with Gasteiger partial charge in [0.05, 0.1) is 0 Å². The summed E-state index contributed by atoms with van der Waals surface area (Å²) in [7, 11) is 0. The summed E-state index contributed by atoms with van der Waals surface area (Å²) in [6.45, 7) is 0. The quantitative estimate of drug-likeness (QED) is 0.144. The van der Waals surface area contributed by atoms with E-state index in [2.05, 4.69) is 247 Å². The van der Waals surface area contributed by atoms with Crippen LogP contribution in [0.1, 0.15) is 41.9 Å². The maximum absolute atomic E-state index is 2.48. The summed E-state index contributed by atoms with van der Waals surface area (Å²) in [5.74, 6) is 1.21. The van der Waals surface area contributed by atoms with Gasteiger partial charge in [-0.2, -0.15) is 0 Å². The van der Waals surface area contributed by atoms with Crippen molar-refractivity contribution in [2.24, 2.45) is 11.8 Å². The number of fused-ring (bicyclic) bond motifs is 3. The van der Waals surface area contributed by atoms with E-state index in [1.165, 1.54) is 66.5 Å². The molecule has 0 radical (unpaired) electrons. The fourth-order valence-corrected chi connectivity index (χ4v) is 9.63. The van der Waals surface area contributed by atoms with E-state index in [1.54, 1.807) is 0 Å². The molecule has 7 aromatic rings. The lowest BCUT2D eigenvalue weighted by Gasteiger charge is -2.34. The van der Waals surface area contributed by atoms with E-state index in [4.69, 9.17) is 0 Å². The zero-order valence-corrected chi connectivity index (χ0v) is 34.8. The van der Waals surface area contributed by atoms with Gasteiger partial charge in [-0.3, -0.25) is 0 Å². The van der Waals surface area contributed by atoms with Crippen LogP contribution in [0, 0.1) is 11.8 Å². The summed E-state index contributed by atoms with van der Waals surface area (Å²) in [6.07, 6.45) is 30.8. The summed E-state index contributed by atoms with van der Waals surface area (Å²) < 4.78 is 0. The number of hydrogen-bond acceptors (Lipinski definition) is 2. The highest BCUT2D eigenvalue weighted by Gasteiger charge is 2.25. The summed E-state index contributed by atoms with van der Waals surface area (Å²) in [5.41, 5.74) is 13.7. The molecule has 0 aliphatic heterocycles. The van der Waals surface area contributed by atoms with Crippen molar-refractivity contribution in [1.82, 2.24) is 0 Å². The smallest absolute Gasteiger partial charge is 0.0468 e. The molecule has 4 aliphatic rings. The Hall–Kier alpha value is -7.42. The van der Waals surface area contributed by atoms with Crippen LogP contribution in [0.5, 0.6) is 0 Å². The van der Waals surface area contributed by atoms with Crippen molar-refractivity contribution in [3.8, 4) is 0 Å². The molecule has 0 N–H and O–H groups in total. The first kappa shape index (κ1) is 37.6. The number of hydrogen-bond donors (Lipinski definition) is 0. The molecule has 0 saturated heterocycles. The van der Waals surface area contributed by atoms with Crippen LogP contribution in [0.2, 0.25) is 0 Å². The molecule has 7 aromatic carbocycles. The fourth-order valence-electron chi connectivity index (χ4n) is 9.63. The number of rotatable bonds is 9. The zero-order valence-electron chi connectivity index (χ0n) is 34.8. The van der Waals surface area contributed by atoms with E-state index in [9.17, 15) is 0 Å². The molecule has 0 bridgehead atoms. The Morgan fingerprint density at radius 3 is 1.66 bits per heavy atom. The number of anilines is 4. The lowest BCUT2D eigenvalue weighted by Crippen LogP contribution is -2.25. The Bertz CT molecular complexity index is 3040. The minimum absolute atomic E-state index is 0.364. The minimum Gasteiger partial charge on any atom is -0.315 e. The van der Waals surface area contributed by atoms with Crippen LogP contribution in [-0.4, -0.2) is 0 Å². The normalized spacial score (nSPS) is 19.1. The molecule has 11 rings (SSSR count). The molecule has 2 heteroatoms. The van der Waals surface area contributed by atoms with Gasteiger partial charge in [0.1, 0.15) is 0 Å². The van der Waals surface area contributed by atoms with E-state index in [0.29, 0.717) is 17.8 Å². The zero-order chi connectivity index (χ0) is 41.2. The molecule has 3 atom stereocenters. The summed E-state index contributed by atoms with van der Waals surface area (Å²) >= 11 is 0. The number of benzene rings is 7. The van der Waals surface area contributed by atoms with Gasteiger partial charge in [0.15, 0.2) is 0 Å². The monoisotopic (exact) mass is 796 g/mol. The van der Waals surface area contributed by atoms with Crippen LogP contribution >= 0.6 is 0 Å². The number of nitrogens with zero attached hydrogens (tertiary/aromatic N) is 2. The second-order valence-electron chi connectivity index (χ2n) is 16.8. The number of allylic oxidation sites excluding steroid dienone is 15.